The molecule has 0 radical (unpaired) electrons. The Morgan fingerprint density at radius 1 is 0.593 bits per heavy atom. The smallest absolute Gasteiger partial charge is 0.317 e. The minimum absolute atomic E-state index is 0.661. The van der Waals surface area contributed by atoms with Crippen molar-refractivity contribution in [2.75, 3.05) is 6.54 Å². The first-order chi connectivity index (χ1) is 11.9. The van der Waals surface area contributed by atoms with Gasteiger partial charge in [-0.3, -0.25) is 0 Å². The van der Waals surface area contributed by atoms with Crippen LogP contribution in [0.1, 0.15) is 26.2 Å². The Kier molecular flexibility index (Phi) is 11.1. The molecule has 0 aliphatic heterocycles. The summed E-state index contributed by atoms with van der Waals surface area (Å²) < 4.78 is 26.9. The van der Waals surface area contributed by atoms with Gasteiger partial charge in [-0.15, -0.1) is 0 Å². The molecule has 10 heteroatoms. The zero-order valence-electron chi connectivity index (χ0n) is 20.0. The summed E-state index contributed by atoms with van der Waals surface area (Å²) in [6, 6.07) is 1.93. The molecule has 2 N–H and O–H groups in total. The van der Waals surface area contributed by atoms with Gasteiger partial charge in [0.1, 0.15) is 0 Å². The lowest BCUT2D eigenvalue weighted by Gasteiger charge is -2.44. The molecule has 0 spiro atoms. The molecular weight excluding hydrogens is 423 g/mol. The van der Waals surface area contributed by atoms with Crippen molar-refractivity contribution in [3.05, 3.63) is 0 Å². The molecule has 0 saturated carbocycles. The number of rotatable bonds is 14. The summed E-state index contributed by atoms with van der Waals surface area (Å²) in [6.07, 6.45) is 3.22. The molecule has 0 aliphatic carbocycles. The number of hydrogen-bond acceptors (Lipinski definition) is 5. The van der Waals surface area contributed by atoms with E-state index >= 15 is 0 Å². The largest absolute Gasteiger partial charge is 0.437 e. The van der Waals surface area contributed by atoms with Gasteiger partial charge in [0.2, 0.25) is 0 Å². The van der Waals surface area contributed by atoms with Gasteiger partial charge in [-0.2, -0.15) is 0 Å². The van der Waals surface area contributed by atoms with E-state index in [1.165, 1.54) is 0 Å². The van der Waals surface area contributed by atoms with E-state index in [9.17, 15) is 0 Å². The second-order valence-electron chi connectivity index (χ2n) is 10.3. The van der Waals surface area contributed by atoms with Gasteiger partial charge in [0.15, 0.2) is 16.6 Å². The Balaban J connectivity index is 5.58. The van der Waals surface area contributed by atoms with Crippen molar-refractivity contribution in [3.63, 3.8) is 0 Å². The topological polar surface area (TPSA) is 62.9 Å². The highest BCUT2D eigenvalue weighted by Gasteiger charge is 2.48. The fourth-order valence-corrected chi connectivity index (χ4v) is 27.5. The average molecular weight is 470 g/mol. The van der Waals surface area contributed by atoms with E-state index in [4.69, 9.17) is 22.2 Å². The standard InChI is InChI=1S/C17H47NO4Si5/c1-12-13-16-26(10,20-24(5,6)7)22-27(11,17-14-15-18)21-25(8,9)19-23(2,3)4/h12-18H2,1-11H3. The van der Waals surface area contributed by atoms with Gasteiger partial charge in [0.25, 0.3) is 0 Å². The van der Waals surface area contributed by atoms with Crippen LogP contribution in [0.2, 0.25) is 77.6 Å². The van der Waals surface area contributed by atoms with Crippen LogP contribution in [0.3, 0.4) is 0 Å². The molecule has 0 bridgehead atoms. The van der Waals surface area contributed by atoms with Crippen LogP contribution >= 0.6 is 0 Å². The quantitative estimate of drug-likeness (QED) is 0.330. The van der Waals surface area contributed by atoms with Crippen molar-refractivity contribution >= 4 is 42.3 Å². The van der Waals surface area contributed by atoms with E-state index in [0.29, 0.717) is 6.54 Å². The molecule has 0 rings (SSSR count). The van der Waals surface area contributed by atoms with Crippen LogP contribution in [0.4, 0.5) is 0 Å². The molecule has 0 saturated heterocycles. The molecule has 0 aromatic carbocycles. The Hall–Kier alpha value is 0.884. The highest BCUT2D eigenvalue weighted by molar-refractivity contribution is 6.90. The summed E-state index contributed by atoms with van der Waals surface area (Å²) in [4.78, 5) is 0. The highest BCUT2D eigenvalue weighted by atomic mass is 28.5. The Morgan fingerprint density at radius 2 is 1.04 bits per heavy atom. The normalized spacial score (nSPS) is 18.2. The highest BCUT2D eigenvalue weighted by Crippen LogP contribution is 2.31. The first-order valence-electron chi connectivity index (χ1n) is 10.5. The zero-order valence-corrected chi connectivity index (χ0v) is 25.0. The molecule has 27 heavy (non-hydrogen) atoms. The Morgan fingerprint density at radius 3 is 1.44 bits per heavy atom. The third-order valence-corrected chi connectivity index (χ3v) is 22.1. The SMILES string of the molecule is CCCC[Si](C)(O[Si](C)(C)C)O[Si](C)(CCCN)O[Si](C)(C)O[Si](C)(C)C. The van der Waals surface area contributed by atoms with Gasteiger partial charge < -0.3 is 22.2 Å². The summed E-state index contributed by atoms with van der Waals surface area (Å²) >= 11 is 0. The van der Waals surface area contributed by atoms with Gasteiger partial charge in [-0.1, -0.05) is 19.8 Å². The van der Waals surface area contributed by atoms with Crippen molar-refractivity contribution in [1.29, 1.82) is 0 Å². The van der Waals surface area contributed by atoms with E-state index in [2.05, 4.69) is 72.4 Å². The summed E-state index contributed by atoms with van der Waals surface area (Å²) in [5.41, 5.74) is 5.83. The third-order valence-electron chi connectivity index (χ3n) is 3.79. The molecule has 2 unspecified atom stereocenters. The number of hydrogen-bond donors (Lipinski definition) is 1. The molecule has 0 fully saturated rings. The van der Waals surface area contributed by atoms with E-state index in [-0.39, 0.29) is 0 Å². The van der Waals surface area contributed by atoms with E-state index < -0.39 is 42.3 Å². The molecule has 164 valence electrons. The van der Waals surface area contributed by atoms with Crippen molar-refractivity contribution in [2.45, 2.75) is 104 Å². The lowest BCUT2D eigenvalue weighted by atomic mass is 10.4. The maximum Gasteiger partial charge on any atom is 0.317 e. The molecule has 0 amide bonds. The Bertz CT molecular complexity index is 442. The van der Waals surface area contributed by atoms with Gasteiger partial charge in [0.05, 0.1) is 0 Å². The maximum absolute atomic E-state index is 6.94. The minimum atomic E-state index is -2.45. The predicted molar refractivity (Wildman–Crippen MR) is 130 cm³/mol. The summed E-state index contributed by atoms with van der Waals surface area (Å²) in [6.45, 7) is 25.1. The first-order valence-corrected chi connectivity index (χ1v) is 25.1. The zero-order chi connectivity index (χ0) is 21.6. The van der Waals surface area contributed by atoms with Crippen LogP contribution in [0, 0.1) is 0 Å². The molecule has 5 nitrogen and oxygen atoms in total. The second kappa shape index (κ2) is 10.8. The lowest BCUT2D eigenvalue weighted by Crippen LogP contribution is -2.60. The van der Waals surface area contributed by atoms with Crippen LogP contribution in [-0.2, 0) is 16.5 Å². The average Bonchev–Trinajstić information content (AvgIpc) is 2.37. The van der Waals surface area contributed by atoms with E-state index in [1.54, 1.807) is 0 Å². The summed E-state index contributed by atoms with van der Waals surface area (Å²) in [5.74, 6) is 0. The van der Waals surface area contributed by atoms with E-state index in [1.807, 2.05) is 0 Å². The van der Waals surface area contributed by atoms with Crippen molar-refractivity contribution in [3.8, 4) is 0 Å². The van der Waals surface area contributed by atoms with Gasteiger partial charge in [0, 0.05) is 0 Å². The summed E-state index contributed by atoms with van der Waals surface area (Å²) in [7, 11) is -10.4. The van der Waals surface area contributed by atoms with Crippen LogP contribution in [-0.4, -0.2) is 48.9 Å². The van der Waals surface area contributed by atoms with Crippen LogP contribution in [0.25, 0.3) is 0 Å². The van der Waals surface area contributed by atoms with Gasteiger partial charge in [-0.05, 0) is 90.5 Å². The number of unbranched alkanes of at least 4 members (excludes halogenated alkanes) is 1. The molecule has 2 atom stereocenters. The molecule has 0 aromatic rings. The van der Waals surface area contributed by atoms with Gasteiger partial charge >= 0.3 is 25.7 Å². The van der Waals surface area contributed by atoms with Crippen LogP contribution < -0.4 is 5.73 Å². The van der Waals surface area contributed by atoms with Crippen LogP contribution in [0.15, 0.2) is 0 Å². The van der Waals surface area contributed by atoms with Crippen molar-refractivity contribution < 1.29 is 16.5 Å². The summed E-state index contributed by atoms with van der Waals surface area (Å²) in [5, 5.41) is 0. The molecule has 0 aromatic heterocycles. The van der Waals surface area contributed by atoms with Gasteiger partial charge in [-0.25, -0.2) is 0 Å². The van der Waals surface area contributed by atoms with Crippen LogP contribution in [0.5, 0.6) is 0 Å². The number of nitrogens with two attached hydrogens (primary N) is 1. The fraction of sp³-hybridized carbons (Fsp3) is 1.00. The van der Waals surface area contributed by atoms with Crippen molar-refractivity contribution in [1.82, 2.24) is 0 Å². The predicted octanol–water partition coefficient (Wildman–Crippen LogP) is 5.72. The second-order valence-corrected chi connectivity index (χ2v) is 30.3. The lowest BCUT2D eigenvalue weighted by molar-refractivity contribution is 0.287. The fourth-order valence-electron chi connectivity index (χ4n) is 3.55. The monoisotopic (exact) mass is 469 g/mol. The minimum Gasteiger partial charge on any atom is -0.437 e. The molecule has 0 aliphatic rings. The first kappa shape index (κ1) is 27.9. The van der Waals surface area contributed by atoms with Crippen molar-refractivity contribution in [2.24, 2.45) is 5.73 Å². The third kappa shape index (κ3) is 13.7. The van der Waals surface area contributed by atoms with E-state index in [0.717, 1.165) is 31.4 Å². The molecule has 0 heterocycles. The maximum atomic E-state index is 6.94. The molecular formula is C17H47NO4Si5. The Labute approximate surface area is 174 Å².